The Kier molecular flexibility index (Phi) is 7.58. The molecular formula is C23H23Cl2N3O4S. The maximum atomic E-state index is 11.5. The molecule has 1 N–H and O–H groups in total. The molecule has 0 radical (unpaired) electrons. The van der Waals surface area contributed by atoms with Crippen LogP contribution in [0.25, 0.3) is 0 Å². The highest BCUT2D eigenvalue weighted by atomic mass is 35.5. The molecule has 0 unspecified atom stereocenters. The van der Waals surface area contributed by atoms with E-state index in [1.54, 1.807) is 12.1 Å². The van der Waals surface area contributed by atoms with Crippen LogP contribution in [0.2, 0.25) is 5.02 Å². The SMILES string of the molecule is CC(C)(c1ccc(OCc2cnc(S(C)(=O)=O)[nH]2)cc1)c1cc(Cl)c(OCCCl)c(C#N)c1. The fraction of sp³-hybridized carbons (Fsp3) is 0.304. The molecular weight excluding hydrogens is 485 g/mol. The van der Waals surface area contributed by atoms with E-state index in [4.69, 9.17) is 32.7 Å². The Bertz CT molecular complexity index is 1280. The van der Waals surface area contributed by atoms with Gasteiger partial charge in [0.1, 0.15) is 25.0 Å². The van der Waals surface area contributed by atoms with Crippen molar-refractivity contribution in [2.45, 2.75) is 31.0 Å². The molecule has 0 amide bonds. The highest BCUT2D eigenvalue weighted by molar-refractivity contribution is 7.90. The smallest absolute Gasteiger partial charge is 0.224 e. The number of halogens is 2. The maximum Gasteiger partial charge on any atom is 0.224 e. The first-order chi connectivity index (χ1) is 15.6. The Labute approximate surface area is 203 Å². The van der Waals surface area contributed by atoms with Gasteiger partial charge in [-0.1, -0.05) is 37.6 Å². The lowest BCUT2D eigenvalue weighted by molar-refractivity contribution is 0.301. The lowest BCUT2D eigenvalue weighted by Crippen LogP contribution is -2.19. The second-order valence-corrected chi connectivity index (χ2v) is 10.6. The molecule has 1 aromatic heterocycles. The van der Waals surface area contributed by atoms with Crippen molar-refractivity contribution in [3.63, 3.8) is 0 Å². The molecule has 0 saturated heterocycles. The summed E-state index contributed by atoms with van der Waals surface area (Å²) in [5.41, 5.74) is 2.30. The number of H-pyrrole nitrogens is 1. The van der Waals surface area contributed by atoms with Crippen molar-refractivity contribution in [3.05, 3.63) is 70.0 Å². The minimum atomic E-state index is -3.39. The molecule has 0 aliphatic heterocycles. The van der Waals surface area contributed by atoms with E-state index in [0.717, 1.165) is 17.4 Å². The molecule has 174 valence electrons. The fourth-order valence-electron chi connectivity index (χ4n) is 3.22. The molecule has 0 spiro atoms. The summed E-state index contributed by atoms with van der Waals surface area (Å²) in [6.45, 7) is 4.48. The zero-order valence-electron chi connectivity index (χ0n) is 18.4. The van der Waals surface area contributed by atoms with Gasteiger partial charge >= 0.3 is 0 Å². The Morgan fingerprint density at radius 1 is 1.15 bits per heavy atom. The molecule has 33 heavy (non-hydrogen) atoms. The monoisotopic (exact) mass is 507 g/mol. The first-order valence-corrected chi connectivity index (χ1v) is 12.8. The highest BCUT2D eigenvalue weighted by Gasteiger charge is 2.26. The molecule has 7 nitrogen and oxygen atoms in total. The normalized spacial score (nSPS) is 11.8. The van der Waals surface area contributed by atoms with Gasteiger partial charge in [0.15, 0.2) is 5.75 Å². The number of rotatable bonds is 9. The molecule has 3 rings (SSSR count). The third-order valence-electron chi connectivity index (χ3n) is 5.14. The van der Waals surface area contributed by atoms with Crippen LogP contribution in [0.3, 0.4) is 0 Å². The summed E-state index contributed by atoms with van der Waals surface area (Å²) >= 11 is 12.1. The summed E-state index contributed by atoms with van der Waals surface area (Å²) in [6.07, 6.45) is 2.52. The summed E-state index contributed by atoms with van der Waals surface area (Å²) in [7, 11) is -3.39. The van der Waals surface area contributed by atoms with E-state index < -0.39 is 15.3 Å². The number of hydrogen-bond acceptors (Lipinski definition) is 6. The van der Waals surface area contributed by atoms with Gasteiger partial charge in [0.05, 0.1) is 28.4 Å². The maximum absolute atomic E-state index is 11.5. The van der Waals surface area contributed by atoms with E-state index in [-0.39, 0.29) is 18.4 Å². The van der Waals surface area contributed by atoms with Gasteiger partial charge in [-0.25, -0.2) is 13.4 Å². The molecule has 0 atom stereocenters. The van der Waals surface area contributed by atoms with E-state index in [1.165, 1.54) is 6.20 Å². The second-order valence-electron chi connectivity index (χ2n) is 7.91. The molecule has 2 aromatic carbocycles. The number of nitriles is 1. The number of alkyl halides is 1. The van der Waals surface area contributed by atoms with Crippen LogP contribution in [0.1, 0.15) is 36.2 Å². The topological polar surface area (TPSA) is 105 Å². The lowest BCUT2D eigenvalue weighted by Gasteiger charge is -2.27. The second kappa shape index (κ2) is 10.0. The van der Waals surface area contributed by atoms with Crippen LogP contribution < -0.4 is 9.47 Å². The number of sulfone groups is 1. The minimum absolute atomic E-state index is 0.0901. The average Bonchev–Trinajstić information content (AvgIpc) is 3.26. The minimum Gasteiger partial charge on any atom is -0.489 e. The van der Waals surface area contributed by atoms with Crippen LogP contribution in [0, 0.1) is 11.3 Å². The number of ether oxygens (including phenoxy) is 2. The molecule has 0 aliphatic rings. The third kappa shape index (κ3) is 5.80. The Hall–Kier alpha value is -2.73. The van der Waals surface area contributed by atoms with E-state index in [9.17, 15) is 13.7 Å². The molecule has 1 heterocycles. The van der Waals surface area contributed by atoms with Crippen LogP contribution in [-0.4, -0.2) is 37.1 Å². The fourth-order valence-corrected chi connectivity index (χ4v) is 4.13. The first-order valence-electron chi connectivity index (χ1n) is 9.96. The summed E-state index contributed by atoms with van der Waals surface area (Å²) < 4.78 is 34.3. The van der Waals surface area contributed by atoms with Crippen molar-refractivity contribution in [3.8, 4) is 17.6 Å². The Morgan fingerprint density at radius 3 is 2.42 bits per heavy atom. The van der Waals surface area contributed by atoms with Crippen LogP contribution in [0.15, 0.2) is 47.8 Å². The average molecular weight is 508 g/mol. The zero-order valence-corrected chi connectivity index (χ0v) is 20.7. The molecule has 0 aliphatic carbocycles. The van der Waals surface area contributed by atoms with E-state index in [0.29, 0.717) is 33.7 Å². The third-order valence-corrected chi connectivity index (χ3v) is 6.48. The number of nitrogens with zero attached hydrogens (tertiary/aromatic N) is 2. The van der Waals surface area contributed by atoms with Gasteiger partial charge < -0.3 is 14.5 Å². The quantitative estimate of drug-likeness (QED) is 0.414. The predicted octanol–water partition coefficient (Wildman–Crippen LogP) is 4.86. The number of benzene rings is 2. The van der Waals surface area contributed by atoms with Crippen molar-refractivity contribution in [2.24, 2.45) is 0 Å². The zero-order chi connectivity index (χ0) is 24.2. The molecule has 0 saturated carbocycles. The first kappa shape index (κ1) is 24.9. The number of aromatic amines is 1. The lowest BCUT2D eigenvalue weighted by atomic mass is 9.77. The van der Waals surface area contributed by atoms with Crippen LogP contribution in [-0.2, 0) is 21.9 Å². The summed E-state index contributed by atoms with van der Waals surface area (Å²) in [4.78, 5) is 6.58. The largest absolute Gasteiger partial charge is 0.489 e. The van der Waals surface area contributed by atoms with Gasteiger partial charge in [-0.05, 0) is 35.4 Å². The molecule has 3 aromatic rings. The van der Waals surface area contributed by atoms with Gasteiger partial charge in [-0.3, -0.25) is 0 Å². The standard InChI is InChI=1S/C23H23Cl2N3O4S/c1-23(2,17-10-15(12-26)21(20(25)11-17)31-9-8-24)16-4-6-19(7-5-16)32-14-18-13-27-22(28-18)33(3,29)30/h4-7,10-11,13H,8-9,14H2,1-3H3,(H,27,28). The molecule has 10 heteroatoms. The number of imidazole rings is 1. The number of aromatic nitrogens is 2. The van der Waals surface area contributed by atoms with Gasteiger partial charge in [0.2, 0.25) is 15.0 Å². The van der Waals surface area contributed by atoms with Crippen LogP contribution >= 0.6 is 23.2 Å². The van der Waals surface area contributed by atoms with E-state index in [1.807, 2.05) is 38.1 Å². The predicted molar refractivity (Wildman–Crippen MR) is 127 cm³/mol. The van der Waals surface area contributed by atoms with Crippen molar-refractivity contribution < 1.29 is 17.9 Å². The summed E-state index contributed by atoms with van der Waals surface area (Å²) in [6, 6.07) is 13.2. The van der Waals surface area contributed by atoms with E-state index in [2.05, 4.69) is 16.0 Å². The van der Waals surface area contributed by atoms with E-state index >= 15 is 0 Å². The van der Waals surface area contributed by atoms with Gasteiger partial charge in [-0.15, -0.1) is 11.6 Å². The summed E-state index contributed by atoms with van der Waals surface area (Å²) in [5.74, 6) is 1.24. The number of nitrogens with one attached hydrogen (secondary N) is 1. The van der Waals surface area contributed by atoms with Crippen molar-refractivity contribution in [1.82, 2.24) is 9.97 Å². The van der Waals surface area contributed by atoms with Crippen LogP contribution in [0.5, 0.6) is 11.5 Å². The Balaban J connectivity index is 1.77. The molecule has 0 fully saturated rings. The highest BCUT2D eigenvalue weighted by Crippen LogP contribution is 2.38. The summed E-state index contributed by atoms with van der Waals surface area (Å²) in [5, 5.41) is 9.83. The van der Waals surface area contributed by atoms with Gasteiger partial charge in [0.25, 0.3) is 0 Å². The van der Waals surface area contributed by atoms with Gasteiger partial charge in [-0.2, -0.15) is 5.26 Å². The van der Waals surface area contributed by atoms with Crippen LogP contribution in [0.4, 0.5) is 0 Å². The van der Waals surface area contributed by atoms with Crippen molar-refractivity contribution in [2.75, 3.05) is 18.7 Å². The molecule has 0 bridgehead atoms. The van der Waals surface area contributed by atoms with Crippen molar-refractivity contribution >= 4 is 33.0 Å². The number of hydrogen-bond donors (Lipinski definition) is 1. The Morgan fingerprint density at radius 2 is 1.85 bits per heavy atom. The van der Waals surface area contributed by atoms with Crippen molar-refractivity contribution in [1.29, 1.82) is 5.26 Å². The van der Waals surface area contributed by atoms with Gasteiger partial charge in [0, 0.05) is 11.7 Å².